The van der Waals surface area contributed by atoms with Crippen molar-refractivity contribution < 1.29 is 14.3 Å². The number of carbonyl (C=O) groups is 2. The first-order valence-corrected chi connectivity index (χ1v) is 8.24. The lowest BCUT2D eigenvalue weighted by molar-refractivity contribution is -0.146. The van der Waals surface area contributed by atoms with Crippen LogP contribution in [0.1, 0.15) is 26.2 Å². The van der Waals surface area contributed by atoms with Gasteiger partial charge in [-0.15, -0.1) is 17.9 Å². The van der Waals surface area contributed by atoms with Gasteiger partial charge in [0.25, 0.3) is 5.91 Å². The topological polar surface area (TPSA) is 71.5 Å². The molecule has 1 N–H and O–H groups in total. The quantitative estimate of drug-likeness (QED) is 0.616. The van der Waals surface area contributed by atoms with Crippen LogP contribution in [0.15, 0.2) is 24.2 Å². The standard InChI is InChI=1S/C15H21N3O3S/c1-3-4-9-21-11(2)14(20)18-8-5-6-12(18)13(19)17-15-16-7-10-22-15/h3,7,10-12H,1,4-6,8-9H2,2H3,(H,16,17,19). The van der Waals surface area contributed by atoms with E-state index in [1.165, 1.54) is 11.3 Å². The van der Waals surface area contributed by atoms with E-state index < -0.39 is 12.1 Å². The van der Waals surface area contributed by atoms with Gasteiger partial charge in [-0.05, 0) is 26.2 Å². The van der Waals surface area contributed by atoms with E-state index in [1.807, 2.05) is 0 Å². The summed E-state index contributed by atoms with van der Waals surface area (Å²) in [6, 6.07) is -0.443. The maximum absolute atomic E-state index is 12.4. The van der Waals surface area contributed by atoms with Gasteiger partial charge in [0, 0.05) is 18.1 Å². The Kier molecular flexibility index (Phi) is 6.09. The first-order valence-electron chi connectivity index (χ1n) is 7.37. The first kappa shape index (κ1) is 16.6. The first-order chi connectivity index (χ1) is 10.6. The molecule has 2 amide bonds. The van der Waals surface area contributed by atoms with E-state index in [2.05, 4.69) is 16.9 Å². The van der Waals surface area contributed by atoms with E-state index >= 15 is 0 Å². The van der Waals surface area contributed by atoms with Crippen molar-refractivity contribution in [2.45, 2.75) is 38.3 Å². The van der Waals surface area contributed by atoms with E-state index in [1.54, 1.807) is 29.5 Å². The van der Waals surface area contributed by atoms with Crippen molar-refractivity contribution in [1.29, 1.82) is 0 Å². The fourth-order valence-electron chi connectivity index (χ4n) is 2.41. The van der Waals surface area contributed by atoms with E-state index in [-0.39, 0.29) is 11.8 Å². The molecule has 1 aromatic rings. The van der Waals surface area contributed by atoms with Crippen LogP contribution in [0.25, 0.3) is 0 Å². The Balaban J connectivity index is 1.92. The number of aromatic nitrogens is 1. The predicted molar refractivity (Wildman–Crippen MR) is 85.7 cm³/mol. The normalized spacial score (nSPS) is 19.0. The summed E-state index contributed by atoms with van der Waals surface area (Å²) in [5.41, 5.74) is 0. The molecule has 120 valence electrons. The number of nitrogens with one attached hydrogen (secondary N) is 1. The largest absolute Gasteiger partial charge is 0.368 e. The van der Waals surface area contributed by atoms with Crippen molar-refractivity contribution in [1.82, 2.24) is 9.88 Å². The van der Waals surface area contributed by atoms with Crippen LogP contribution < -0.4 is 5.32 Å². The van der Waals surface area contributed by atoms with Crippen LogP contribution in [-0.4, -0.2) is 47.0 Å². The molecule has 1 aromatic heterocycles. The van der Waals surface area contributed by atoms with Crippen LogP contribution in [0.3, 0.4) is 0 Å². The average molecular weight is 323 g/mol. The number of carbonyl (C=O) groups excluding carboxylic acids is 2. The Morgan fingerprint density at radius 2 is 2.50 bits per heavy atom. The molecule has 0 radical (unpaired) electrons. The van der Waals surface area contributed by atoms with Crippen molar-refractivity contribution in [3.05, 3.63) is 24.2 Å². The third kappa shape index (κ3) is 4.14. The molecular formula is C15H21N3O3S. The van der Waals surface area contributed by atoms with Crippen LogP contribution in [0, 0.1) is 0 Å². The van der Waals surface area contributed by atoms with Crippen molar-refractivity contribution >= 4 is 28.3 Å². The Morgan fingerprint density at radius 1 is 1.68 bits per heavy atom. The third-order valence-corrected chi connectivity index (χ3v) is 4.23. The van der Waals surface area contributed by atoms with Gasteiger partial charge in [-0.2, -0.15) is 0 Å². The second kappa shape index (κ2) is 8.05. The summed E-state index contributed by atoms with van der Waals surface area (Å²) >= 11 is 1.36. The Bertz CT molecular complexity index is 518. The highest BCUT2D eigenvalue weighted by molar-refractivity contribution is 7.13. The van der Waals surface area contributed by atoms with Gasteiger partial charge < -0.3 is 15.0 Å². The van der Waals surface area contributed by atoms with E-state index in [0.717, 1.165) is 6.42 Å². The van der Waals surface area contributed by atoms with Crippen molar-refractivity contribution in [3.63, 3.8) is 0 Å². The number of ether oxygens (including phenoxy) is 1. The van der Waals surface area contributed by atoms with Crippen molar-refractivity contribution in [2.75, 3.05) is 18.5 Å². The molecule has 0 bridgehead atoms. The van der Waals surface area contributed by atoms with Gasteiger partial charge in [0.15, 0.2) is 5.13 Å². The highest BCUT2D eigenvalue weighted by atomic mass is 32.1. The number of hydrogen-bond donors (Lipinski definition) is 1. The number of amides is 2. The highest BCUT2D eigenvalue weighted by Crippen LogP contribution is 2.21. The number of likely N-dealkylation sites (tertiary alicyclic amines) is 1. The molecule has 0 aromatic carbocycles. The van der Waals surface area contributed by atoms with E-state index in [9.17, 15) is 9.59 Å². The molecule has 0 saturated carbocycles. The number of hydrogen-bond acceptors (Lipinski definition) is 5. The molecule has 1 aliphatic heterocycles. The molecule has 0 aliphatic carbocycles. The second-order valence-corrected chi connectivity index (χ2v) is 6.00. The smallest absolute Gasteiger partial charge is 0.252 e. The summed E-state index contributed by atoms with van der Waals surface area (Å²) < 4.78 is 5.49. The summed E-state index contributed by atoms with van der Waals surface area (Å²) in [6.07, 6.45) is 5.02. The van der Waals surface area contributed by atoms with Crippen LogP contribution in [0.2, 0.25) is 0 Å². The van der Waals surface area contributed by atoms with Crippen molar-refractivity contribution in [2.24, 2.45) is 0 Å². The van der Waals surface area contributed by atoms with Crippen LogP contribution >= 0.6 is 11.3 Å². The minimum Gasteiger partial charge on any atom is -0.368 e. The second-order valence-electron chi connectivity index (χ2n) is 5.11. The monoisotopic (exact) mass is 323 g/mol. The number of nitrogens with zero attached hydrogens (tertiary/aromatic N) is 2. The third-order valence-electron chi connectivity index (χ3n) is 3.54. The lowest BCUT2D eigenvalue weighted by atomic mass is 10.2. The molecule has 1 fully saturated rings. The molecule has 1 aliphatic rings. The number of thiazole rings is 1. The molecule has 1 saturated heterocycles. The lowest BCUT2D eigenvalue weighted by Gasteiger charge is -2.26. The zero-order chi connectivity index (χ0) is 15.9. The molecule has 2 heterocycles. The maximum atomic E-state index is 12.4. The number of anilines is 1. The molecular weight excluding hydrogens is 302 g/mol. The zero-order valence-electron chi connectivity index (χ0n) is 12.7. The number of rotatable bonds is 7. The van der Waals surface area contributed by atoms with Gasteiger partial charge in [0.2, 0.25) is 5.91 Å². The summed E-state index contributed by atoms with van der Waals surface area (Å²) in [5.74, 6) is -0.319. The van der Waals surface area contributed by atoms with Crippen LogP contribution in [-0.2, 0) is 14.3 Å². The SMILES string of the molecule is C=CCCOC(C)C(=O)N1CCCC1C(=O)Nc1nccs1. The summed E-state index contributed by atoms with van der Waals surface area (Å²) in [7, 11) is 0. The highest BCUT2D eigenvalue weighted by Gasteiger charge is 2.36. The Morgan fingerprint density at radius 3 is 3.18 bits per heavy atom. The Labute approximate surface area is 134 Å². The van der Waals surface area contributed by atoms with Gasteiger partial charge in [-0.25, -0.2) is 4.98 Å². The lowest BCUT2D eigenvalue weighted by Crippen LogP contribution is -2.47. The average Bonchev–Trinajstić information content (AvgIpc) is 3.17. The minimum atomic E-state index is -0.548. The van der Waals surface area contributed by atoms with Crippen molar-refractivity contribution in [3.8, 4) is 0 Å². The molecule has 2 atom stereocenters. The zero-order valence-corrected chi connectivity index (χ0v) is 13.5. The predicted octanol–water partition coefficient (Wildman–Crippen LogP) is 2.05. The van der Waals surface area contributed by atoms with Crippen LogP contribution in [0.4, 0.5) is 5.13 Å². The summed E-state index contributed by atoms with van der Waals surface area (Å²) in [5, 5.41) is 5.11. The van der Waals surface area contributed by atoms with E-state index in [4.69, 9.17) is 4.74 Å². The summed E-state index contributed by atoms with van der Waals surface area (Å²) in [4.78, 5) is 30.4. The van der Waals surface area contributed by atoms with Gasteiger partial charge in [0.05, 0.1) is 6.61 Å². The van der Waals surface area contributed by atoms with Gasteiger partial charge in [-0.3, -0.25) is 9.59 Å². The van der Waals surface area contributed by atoms with Gasteiger partial charge >= 0.3 is 0 Å². The molecule has 0 spiro atoms. The minimum absolute atomic E-state index is 0.138. The van der Waals surface area contributed by atoms with Crippen LogP contribution in [0.5, 0.6) is 0 Å². The molecule has 2 unspecified atom stereocenters. The van der Waals surface area contributed by atoms with Gasteiger partial charge in [-0.1, -0.05) is 6.08 Å². The molecule has 22 heavy (non-hydrogen) atoms. The van der Waals surface area contributed by atoms with Gasteiger partial charge in [0.1, 0.15) is 12.1 Å². The molecule has 6 nitrogen and oxygen atoms in total. The fraction of sp³-hybridized carbons (Fsp3) is 0.533. The maximum Gasteiger partial charge on any atom is 0.252 e. The Hall–Kier alpha value is -1.73. The van der Waals surface area contributed by atoms with E-state index in [0.29, 0.717) is 31.1 Å². The molecule has 2 rings (SSSR count). The molecule has 7 heteroatoms. The summed E-state index contributed by atoms with van der Waals surface area (Å²) in [6.45, 7) is 6.38. The fourth-order valence-corrected chi connectivity index (χ4v) is 2.94.